The molecule has 0 bridgehead atoms. The van der Waals surface area contributed by atoms with Gasteiger partial charge in [-0.25, -0.2) is 0 Å². The first kappa shape index (κ1) is 20.7. The second-order valence-corrected chi connectivity index (χ2v) is 7.43. The molecule has 0 aromatic rings. The number of methoxy groups -OCH3 is 1. The van der Waals surface area contributed by atoms with Gasteiger partial charge in [-0.15, -0.1) is 0 Å². The largest absolute Gasteiger partial charge is 0.377 e. The maximum atomic E-state index is 5.60. The number of ether oxygens (including phenoxy) is 1. The van der Waals surface area contributed by atoms with E-state index in [-0.39, 0.29) is 0 Å². The van der Waals surface area contributed by atoms with Crippen LogP contribution in [0, 0.1) is 0 Å². The van der Waals surface area contributed by atoms with Gasteiger partial charge in [-0.3, -0.25) is 0 Å². The molecular formula is C22H42O. The lowest BCUT2D eigenvalue weighted by Gasteiger charge is -2.23. The molecule has 0 saturated carbocycles. The van der Waals surface area contributed by atoms with Gasteiger partial charge >= 0.3 is 0 Å². The van der Waals surface area contributed by atoms with Gasteiger partial charge in [0, 0.05) is 7.11 Å². The zero-order valence-electron chi connectivity index (χ0n) is 16.1. The number of allylic oxidation sites excluding steroid dienone is 1. The van der Waals surface area contributed by atoms with Crippen LogP contribution in [-0.4, -0.2) is 13.2 Å². The quantitative estimate of drug-likeness (QED) is 0.198. The Labute approximate surface area is 146 Å². The monoisotopic (exact) mass is 322 g/mol. The predicted molar refractivity (Wildman–Crippen MR) is 103 cm³/mol. The molecule has 0 saturated heterocycles. The average Bonchev–Trinajstić information content (AvgIpc) is 2.52. The van der Waals surface area contributed by atoms with Gasteiger partial charge < -0.3 is 4.74 Å². The van der Waals surface area contributed by atoms with Crippen LogP contribution in [0.25, 0.3) is 0 Å². The minimum atomic E-state index is 0.432. The fourth-order valence-corrected chi connectivity index (χ4v) is 3.58. The molecule has 1 aliphatic carbocycles. The van der Waals surface area contributed by atoms with Crippen molar-refractivity contribution in [3.8, 4) is 0 Å². The lowest BCUT2D eigenvalue weighted by molar-refractivity contribution is 0.115. The van der Waals surface area contributed by atoms with Crippen molar-refractivity contribution in [2.45, 2.75) is 122 Å². The molecule has 0 aliphatic heterocycles. The zero-order valence-corrected chi connectivity index (χ0v) is 16.1. The Kier molecular flexibility index (Phi) is 13.7. The van der Waals surface area contributed by atoms with Gasteiger partial charge in [0.2, 0.25) is 0 Å². The standard InChI is InChI=1S/C22H42O/c1-3-4-5-6-7-8-9-10-11-12-13-14-15-16-20-22(23-2)21-18-17-19-21/h18,22H,3-17,19-20H2,1-2H3. The van der Waals surface area contributed by atoms with E-state index in [0.717, 1.165) is 0 Å². The van der Waals surface area contributed by atoms with E-state index in [1.807, 2.05) is 7.11 Å². The molecular weight excluding hydrogens is 280 g/mol. The highest BCUT2D eigenvalue weighted by Crippen LogP contribution is 2.26. The van der Waals surface area contributed by atoms with Crippen molar-refractivity contribution in [3.05, 3.63) is 11.6 Å². The van der Waals surface area contributed by atoms with Crippen molar-refractivity contribution in [3.63, 3.8) is 0 Å². The first-order chi connectivity index (χ1) is 11.4. The van der Waals surface area contributed by atoms with Crippen LogP contribution in [0.3, 0.4) is 0 Å². The molecule has 0 aromatic heterocycles. The highest BCUT2D eigenvalue weighted by Gasteiger charge is 2.16. The maximum Gasteiger partial charge on any atom is 0.0781 e. The molecule has 1 atom stereocenters. The summed E-state index contributed by atoms with van der Waals surface area (Å²) < 4.78 is 5.60. The van der Waals surface area contributed by atoms with Crippen LogP contribution in [0.4, 0.5) is 0 Å². The van der Waals surface area contributed by atoms with Crippen LogP contribution in [0.5, 0.6) is 0 Å². The number of unbranched alkanes of at least 4 members (excludes halogenated alkanes) is 13. The zero-order chi connectivity index (χ0) is 16.6. The van der Waals surface area contributed by atoms with Gasteiger partial charge in [0.15, 0.2) is 0 Å². The molecule has 1 aliphatic rings. The Morgan fingerprint density at radius 1 is 0.783 bits per heavy atom. The van der Waals surface area contributed by atoms with Crippen LogP contribution in [-0.2, 0) is 4.74 Å². The minimum Gasteiger partial charge on any atom is -0.377 e. The Morgan fingerprint density at radius 2 is 1.22 bits per heavy atom. The van der Waals surface area contributed by atoms with Crippen molar-refractivity contribution in [1.82, 2.24) is 0 Å². The van der Waals surface area contributed by atoms with E-state index >= 15 is 0 Å². The van der Waals surface area contributed by atoms with E-state index in [4.69, 9.17) is 4.74 Å². The smallest absolute Gasteiger partial charge is 0.0781 e. The summed E-state index contributed by atoms with van der Waals surface area (Å²) in [7, 11) is 1.87. The molecule has 0 amide bonds. The fraction of sp³-hybridized carbons (Fsp3) is 0.909. The van der Waals surface area contributed by atoms with E-state index in [1.165, 1.54) is 109 Å². The van der Waals surface area contributed by atoms with Crippen molar-refractivity contribution >= 4 is 0 Å². The Balaban J connectivity index is 1.74. The summed E-state index contributed by atoms with van der Waals surface area (Å²) in [5.74, 6) is 0. The summed E-state index contributed by atoms with van der Waals surface area (Å²) in [4.78, 5) is 0. The third-order valence-electron chi connectivity index (χ3n) is 5.36. The van der Waals surface area contributed by atoms with Crippen LogP contribution >= 0.6 is 0 Å². The van der Waals surface area contributed by atoms with Crippen molar-refractivity contribution in [1.29, 1.82) is 0 Å². The molecule has 1 heteroatoms. The Morgan fingerprint density at radius 3 is 1.57 bits per heavy atom. The molecule has 1 rings (SSSR count). The van der Waals surface area contributed by atoms with E-state index in [9.17, 15) is 0 Å². The van der Waals surface area contributed by atoms with Crippen LogP contribution in [0.15, 0.2) is 11.6 Å². The van der Waals surface area contributed by atoms with Gasteiger partial charge in [0.1, 0.15) is 0 Å². The lowest BCUT2D eigenvalue weighted by atomic mass is 9.91. The summed E-state index contributed by atoms with van der Waals surface area (Å²) in [6.07, 6.45) is 26.7. The molecule has 0 aromatic carbocycles. The highest BCUT2D eigenvalue weighted by molar-refractivity contribution is 5.17. The molecule has 23 heavy (non-hydrogen) atoms. The second kappa shape index (κ2) is 15.2. The van der Waals surface area contributed by atoms with Crippen LogP contribution in [0.1, 0.15) is 116 Å². The average molecular weight is 323 g/mol. The molecule has 136 valence electrons. The first-order valence-corrected chi connectivity index (χ1v) is 10.6. The topological polar surface area (TPSA) is 9.23 Å². The van der Waals surface area contributed by atoms with Gasteiger partial charge in [-0.2, -0.15) is 0 Å². The van der Waals surface area contributed by atoms with E-state index < -0.39 is 0 Å². The van der Waals surface area contributed by atoms with Gasteiger partial charge in [0.25, 0.3) is 0 Å². The third-order valence-corrected chi connectivity index (χ3v) is 5.36. The summed E-state index contributed by atoms with van der Waals surface area (Å²) in [6.45, 7) is 2.29. The number of hydrogen-bond donors (Lipinski definition) is 0. The van der Waals surface area contributed by atoms with Crippen molar-refractivity contribution in [2.24, 2.45) is 0 Å². The molecule has 1 unspecified atom stereocenters. The lowest BCUT2D eigenvalue weighted by Crippen LogP contribution is -2.17. The molecule has 0 heterocycles. The highest BCUT2D eigenvalue weighted by atomic mass is 16.5. The van der Waals surface area contributed by atoms with E-state index in [2.05, 4.69) is 13.0 Å². The number of rotatable bonds is 17. The summed E-state index contributed by atoms with van der Waals surface area (Å²) in [5.41, 5.74) is 1.56. The molecule has 1 nitrogen and oxygen atoms in total. The van der Waals surface area contributed by atoms with Gasteiger partial charge in [-0.05, 0) is 24.8 Å². The Hall–Kier alpha value is -0.300. The SMILES string of the molecule is CCCCCCCCCCCCCCCCC(OC)C1=CCC1. The predicted octanol–water partition coefficient (Wildman–Crippen LogP) is 7.59. The van der Waals surface area contributed by atoms with Gasteiger partial charge in [0.05, 0.1) is 6.10 Å². The van der Waals surface area contributed by atoms with Crippen LogP contribution in [0.2, 0.25) is 0 Å². The fourth-order valence-electron chi connectivity index (χ4n) is 3.58. The second-order valence-electron chi connectivity index (χ2n) is 7.43. The maximum absolute atomic E-state index is 5.60. The normalized spacial score (nSPS) is 15.3. The number of hydrogen-bond acceptors (Lipinski definition) is 1. The third kappa shape index (κ3) is 11.0. The Bertz CT molecular complexity index is 282. The molecule has 0 N–H and O–H groups in total. The molecule has 0 fully saturated rings. The first-order valence-electron chi connectivity index (χ1n) is 10.6. The summed E-state index contributed by atoms with van der Waals surface area (Å²) in [6, 6.07) is 0. The minimum absolute atomic E-state index is 0.432. The van der Waals surface area contributed by atoms with E-state index in [0.29, 0.717) is 6.10 Å². The summed E-state index contributed by atoms with van der Waals surface area (Å²) >= 11 is 0. The molecule has 0 radical (unpaired) electrons. The van der Waals surface area contributed by atoms with Crippen molar-refractivity contribution in [2.75, 3.05) is 7.11 Å². The molecule has 0 spiro atoms. The van der Waals surface area contributed by atoms with Gasteiger partial charge in [-0.1, -0.05) is 103 Å². The summed E-state index contributed by atoms with van der Waals surface area (Å²) in [5, 5.41) is 0. The van der Waals surface area contributed by atoms with Crippen LogP contribution < -0.4 is 0 Å². The van der Waals surface area contributed by atoms with Crippen molar-refractivity contribution < 1.29 is 4.74 Å². The van der Waals surface area contributed by atoms with E-state index in [1.54, 1.807) is 5.57 Å².